The van der Waals surface area contributed by atoms with Crippen molar-refractivity contribution in [2.45, 2.75) is 50.7 Å². The van der Waals surface area contributed by atoms with Crippen LogP contribution in [-0.4, -0.2) is 0 Å². The van der Waals surface area contributed by atoms with Crippen molar-refractivity contribution in [3.8, 4) is 17.2 Å². The summed E-state index contributed by atoms with van der Waals surface area (Å²) >= 11 is 0. The molecule has 0 atom stereocenters. The topological polar surface area (TPSA) is 27.7 Å². The quantitative estimate of drug-likeness (QED) is 0.126. The van der Waals surface area contributed by atoms with Crippen LogP contribution in [0.5, 0.6) is 17.2 Å². The molecule has 3 aromatic rings. The smallest absolute Gasteiger partial charge is 0.429 e. The van der Waals surface area contributed by atoms with E-state index >= 15 is 0 Å². The lowest BCUT2D eigenvalue weighted by Gasteiger charge is -2.27. The molecule has 0 radical (unpaired) electrons. The summed E-state index contributed by atoms with van der Waals surface area (Å²) in [6, 6.07) is 4.58. The van der Waals surface area contributed by atoms with Gasteiger partial charge >= 0.3 is 18.3 Å². The molecule has 0 aromatic heterocycles. The van der Waals surface area contributed by atoms with Crippen LogP contribution < -0.4 is 14.2 Å². The van der Waals surface area contributed by atoms with Gasteiger partial charge < -0.3 is 14.2 Å². The minimum Gasteiger partial charge on any atom is -0.453 e. The molecule has 0 saturated heterocycles. The summed E-state index contributed by atoms with van der Waals surface area (Å²) in [4.78, 5) is 0. The van der Waals surface area contributed by atoms with Crippen LogP contribution in [0, 0.1) is 29.2 Å². The zero-order valence-corrected chi connectivity index (χ0v) is 22.8. The van der Waals surface area contributed by atoms with Crippen LogP contribution in [-0.2, 0) is 12.2 Å². The molecular formula is C31H24F10O3. The highest BCUT2D eigenvalue weighted by molar-refractivity contribution is 5.37. The molecule has 236 valence electrons. The van der Waals surface area contributed by atoms with E-state index < -0.39 is 69.9 Å². The van der Waals surface area contributed by atoms with Gasteiger partial charge in [0.05, 0.1) is 5.56 Å². The second-order valence-corrected chi connectivity index (χ2v) is 10.00. The molecule has 0 unspecified atom stereocenters. The van der Waals surface area contributed by atoms with E-state index in [-0.39, 0.29) is 30.4 Å². The predicted molar refractivity (Wildman–Crippen MR) is 139 cm³/mol. The second kappa shape index (κ2) is 13.2. The fraction of sp³-hybridized carbons (Fsp3) is 0.290. The first-order chi connectivity index (χ1) is 20.7. The Balaban J connectivity index is 1.47. The molecule has 0 heterocycles. The van der Waals surface area contributed by atoms with Crippen LogP contribution in [0.15, 0.2) is 73.0 Å². The predicted octanol–water partition coefficient (Wildman–Crippen LogP) is 10.5. The van der Waals surface area contributed by atoms with Gasteiger partial charge in [0.15, 0.2) is 23.6 Å². The Hall–Kier alpha value is -4.16. The standard InChI is InChI=1S/C31H24F10O3/c1-2-3-17-4-6-18(7-5-17)19-8-10-22(24(32)12-19)30(38,39)43-20-9-11-23(25(33)13-20)31(40,41)44-21-14-26(34)29(27(35)15-21)42-16-28(36)37/h2-3,8-18H,4-7H2,1H3. The van der Waals surface area contributed by atoms with Crippen LogP contribution in [0.3, 0.4) is 0 Å². The van der Waals surface area contributed by atoms with Crippen molar-refractivity contribution in [3.63, 3.8) is 0 Å². The molecule has 44 heavy (non-hydrogen) atoms. The third-order valence-electron chi connectivity index (χ3n) is 7.00. The van der Waals surface area contributed by atoms with E-state index in [1.807, 2.05) is 13.0 Å². The van der Waals surface area contributed by atoms with Crippen molar-refractivity contribution in [3.05, 3.63) is 113 Å². The Morgan fingerprint density at radius 3 is 1.75 bits per heavy atom. The van der Waals surface area contributed by atoms with Gasteiger partial charge in [0.1, 0.15) is 28.7 Å². The Morgan fingerprint density at radius 2 is 1.23 bits per heavy atom. The summed E-state index contributed by atoms with van der Waals surface area (Å²) in [5.74, 6) is -9.54. The van der Waals surface area contributed by atoms with E-state index in [1.54, 1.807) is 0 Å². The third-order valence-corrected chi connectivity index (χ3v) is 7.00. The normalized spacial score (nSPS) is 17.4. The van der Waals surface area contributed by atoms with Gasteiger partial charge in [0.25, 0.3) is 0 Å². The van der Waals surface area contributed by atoms with E-state index in [0.29, 0.717) is 23.6 Å². The van der Waals surface area contributed by atoms with Crippen LogP contribution in [0.2, 0.25) is 0 Å². The molecule has 0 aliphatic heterocycles. The van der Waals surface area contributed by atoms with E-state index in [4.69, 9.17) is 0 Å². The summed E-state index contributed by atoms with van der Waals surface area (Å²) in [5.41, 5.74) is -2.13. The summed E-state index contributed by atoms with van der Waals surface area (Å²) in [6.45, 7) is 1.92. The maximum Gasteiger partial charge on any atom is 0.429 e. The zero-order valence-electron chi connectivity index (χ0n) is 22.8. The molecule has 13 heteroatoms. The average molecular weight is 635 g/mol. The molecule has 1 saturated carbocycles. The SMILES string of the molecule is CC=CC1CCC(c2ccc(C(F)(F)Oc3ccc(C(F)(F)Oc4cc(F)c(OC=C(F)F)c(F)c4)c(F)c3)c(F)c2)CC1. The van der Waals surface area contributed by atoms with Gasteiger partial charge in [0.2, 0.25) is 0 Å². The molecule has 0 N–H and O–H groups in total. The first-order valence-corrected chi connectivity index (χ1v) is 13.2. The lowest BCUT2D eigenvalue weighted by Crippen LogP contribution is -2.25. The van der Waals surface area contributed by atoms with Crippen LogP contribution >= 0.6 is 0 Å². The maximum absolute atomic E-state index is 14.9. The van der Waals surface area contributed by atoms with Gasteiger partial charge in [-0.05, 0) is 74.3 Å². The van der Waals surface area contributed by atoms with Gasteiger partial charge in [-0.25, -0.2) is 17.6 Å². The van der Waals surface area contributed by atoms with Crippen LogP contribution in [0.4, 0.5) is 43.9 Å². The molecule has 4 rings (SSSR count). The number of alkyl halides is 4. The summed E-state index contributed by atoms with van der Waals surface area (Å²) < 4.78 is 154. The Morgan fingerprint density at radius 1 is 0.705 bits per heavy atom. The lowest BCUT2D eigenvalue weighted by atomic mass is 9.78. The number of hydrogen-bond acceptors (Lipinski definition) is 3. The van der Waals surface area contributed by atoms with Crippen molar-refractivity contribution in [1.29, 1.82) is 0 Å². The molecule has 0 spiro atoms. The maximum atomic E-state index is 14.9. The van der Waals surface area contributed by atoms with Crippen molar-refractivity contribution in [2.75, 3.05) is 0 Å². The molecule has 0 bridgehead atoms. The van der Waals surface area contributed by atoms with Crippen molar-refractivity contribution >= 4 is 0 Å². The second-order valence-electron chi connectivity index (χ2n) is 10.00. The van der Waals surface area contributed by atoms with E-state index in [0.717, 1.165) is 37.8 Å². The minimum atomic E-state index is -4.61. The van der Waals surface area contributed by atoms with Gasteiger partial charge in [-0.3, -0.25) is 0 Å². The highest BCUT2D eigenvalue weighted by atomic mass is 19.3. The molecular weight excluding hydrogens is 610 g/mol. The van der Waals surface area contributed by atoms with Gasteiger partial charge in [-0.1, -0.05) is 18.2 Å². The summed E-state index contributed by atoms with van der Waals surface area (Å²) in [5, 5.41) is 0. The average Bonchev–Trinajstić information content (AvgIpc) is 2.92. The largest absolute Gasteiger partial charge is 0.453 e. The summed E-state index contributed by atoms with van der Waals surface area (Å²) in [7, 11) is 0. The van der Waals surface area contributed by atoms with Crippen molar-refractivity contribution in [1.82, 2.24) is 0 Å². The first-order valence-electron chi connectivity index (χ1n) is 13.2. The van der Waals surface area contributed by atoms with Gasteiger partial charge in [-0.15, -0.1) is 0 Å². The number of hydrogen-bond donors (Lipinski definition) is 0. The number of halogens is 10. The van der Waals surface area contributed by atoms with Crippen molar-refractivity contribution < 1.29 is 58.1 Å². The monoisotopic (exact) mass is 634 g/mol. The number of rotatable bonds is 10. The fourth-order valence-electron chi connectivity index (χ4n) is 4.95. The van der Waals surface area contributed by atoms with Gasteiger partial charge in [0, 0.05) is 18.2 Å². The third kappa shape index (κ3) is 7.67. The molecule has 0 amide bonds. The fourth-order valence-corrected chi connectivity index (χ4v) is 4.95. The highest BCUT2D eigenvalue weighted by Crippen LogP contribution is 2.41. The lowest BCUT2D eigenvalue weighted by molar-refractivity contribution is -0.189. The van der Waals surface area contributed by atoms with E-state index in [2.05, 4.69) is 20.3 Å². The Labute approximate surface area is 245 Å². The summed E-state index contributed by atoms with van der Waals surface area (Å²) in [6.07, 6.45) is -4.34. The van der Waals surface area contributed by atoms with Crippen LogP contribution in [0.25, 0.3) is 0 Å². The first kappa shape index (κ1) is 32.7. The van der Waals surface area contributed by atoms with Crippen LogP contribution in [0.1, 0.15) is 55.2 Å². The zero-order chi connectivity index (χ0) is 32.2. The van der Waals surface area contributed by atoms with Crippen molar-refractivity contribution in [2.24, 2.45) is 5.92 Å². The van der Waals surface area contributed by atoms with E-state index in [9.17, 15) is 43.9 Å². The minimum absolute atomic E-state index is 0.0116. The molecule has 3 aromatic carbocycles. The molecule has 1 fully saturated rings. The molecule has 1 aliphatic carbocycles. The Kier molecular flexibility index (Phi) is 9.85. The molecule has 1 aliphatic rings. The molecule has 3 nitrogen and oxygen atoms in total. The number of allylic oxidation sites excluding steroid dienone is 2. The van der Waals surface area contributed by atoms with Gasteiger partial charge in [-0.2, -0.15) is 26.3 Å². The number of benzene rings is 3. The highest BCUT2D eigenvalue weighted by Gasteiger charge is 2.41. The Bertz CT molecular complexity index is 1520. The number of ether oxygens (including phenoxy) is 3. The van der Waals surface area contributed by atoms with E-state index in [1.165, 1.54) is 6.07 Å².